The van der Waals surface area contributed by atoms with Crippen molar-refractivity contribution in [2.45, 2.75) is 18.9 Å². The second-order valence-corrected chi connectivity index (χ2v) is 5.35. The summed E-state index contributed by atoms with van der Waals surface area (Å²) in [5.74, 6) is 0.599. The van der Waals surface area contributed by atoms with Crippen molar-refractivity contribution in [3.63, 3.8) is 0 Å². The lowest BCUT2D eigenvalue weighted by atomic mass is 10.2. The van der Waals surface area contributed by atoms with E-state index in [-0.39, 0.29) is 12.3 Å². The molecule has 110 valence electrons. The van der Waals surface area contributed by atoms with Gasteiger partial charge in [-0.2, -0.15) is 0 Å². The predicted molar refractivity (Wildman–Crippen MR) is 84.0 cm³/mol. The molecule has 0 atom stereocenters. The van der Waals surface area contributed by atoms with E-state index in [1.165, 1.54) is 6.07 Å². The van der Waals surface area contributed by atoms with Crippen LogP contribution >= 0.6 is 27.5 Å². The van der Waals surface area contributed by atoms with Crippen LogP contribution in [-0.2, 0) is 11.9 Å². The highest BCUT2D eigenvalue weighted by atomic mass is 79.9. The number of alkyl halides is 1. The molecule has 0 radical (unpaired) electrons. The molecular formula is C14H12BrClN2O3. The summed E-state index contributed by atoms with van der Waals surface area (Å²) in [7, 11) is 0. The lowest BCUT2D eigenvalue weighted by Crippen LogP contribution is -2.03. The topological polar surface area (TPSA) is 65.3 Å². The second kappa shape index (κ2) is 6.87. The number of aromatic nitrogens is 1. The Balaban J connectivity index is 2.22. The minimum atomic E-state index is -0.469. The van der Waals surface area contributed by atoms with Crippen LogP contribution in [0.3, 0.4) is 0 Å². The molecule has 0 spiro atoms. The van der Waals surface area contributed by atoms with E-state index in [9.17, 15) is 10.1 Å². The first kappa shape index (κ1) is 15.7. The fourth-order valence-corrected chi connectivity index (χ4v) is 2.38. The van der Waals surface area contributed by atoms with Gasteiger partial charge in [0, 0.05) is 22.1 Å². The van der Waals surface area contributed by atoms with Crippen LogP contribution in [0.1, 0.15) is 17.0 Å². The summed E-state index contributed by atoms with van der Waals surface area (Å²) in [5.41, 5.74) is 2.05. The summed E-state index contributed by atoms with van der Waals surface area (Å²) in [5, 5.41) is 11.9. The molecule has 7 heteroatoms. The van der Waals surface area contributed by atoms with E-state index in [1.807, 2.05) is 13.0 Å². The fraction of sp³-hybridized carbons (Fsp3) is 0.214. The number of ether oxygens (including phenoxy) is 1. The van der Waals surface area contributed by atoms with Gasteiger partial charge in [-0.05, 0) is 31.2 Å². The first-order chi connectivity index (χ1) is 10.0. The highest BCUT2D eigenvalue weighted by molar-refractivity contribution is 9.08. The lowest BCUT2D eigenvalue weighted by Gasteiger charge is -2.10. The van der Waals surface area contributed by atoms with Crippen molar-refractivity contribution in [2.24, 2.45) is 0 Å². The van der Waals surface area contributed by atoms with E-state index in [0.29, 0.717) is 21.7 Å². The number of hydrogen-bond acceptors (Lipinski definition) is 4. The van der Waals surface area contributed by atoms with Gasteiger partial charge in [-0.25, -0.2) is 0 Å². The Hall–Kier alpha value is -1.66. The number of hydrogen-bond donors (Lipinski definition) is 0. The van der Waals surface area contributed by atoms with E-state index in [1.54, 1.807) is 18.2 Å². The third-order valence-corrected chi connectivity index (χ3v) is 3.59. The Morgan fingerprint density at radius 2 is 2.14 bits per heavy atom. The molecule has 0 aliphatic rings. The molecule has 0 saturated heterocycles. The zero-order chi connectivity index (χ0) is 15.4. The van der Waals surface area contributed by atoms with Crippen LogP contribution in [0.2, 0.25) is 5.02 Å². The van der Waals surface area contributed by atoms with Crippen LogP contribution < -0.4 is 4.74 Å². The molecule has 0 aliphatic carbocycles. The third kappa shape index (κ3) is 3.92. The van der Waals surface area contributed by atoms with Crippen molar-refractivity contribution in [1.82, 2.24) is 4.98 Å². The number of halogens is 2. The fourth-order valence-electron chi connectivity index (χ4n) is 1.81. The Kier molecular flexibility index (Phi) is 5.14. The molecule has 0 N–H and O–H groups in total. The van der Waals surface area contributed by atoms with Crippen LogP contribution in [0.15, 0.2) is 30.3 Å². The Bertz CT molecular complexity index is 679. The second-order valence-electron chi connectivity index (χ2n) is 4.35. The summed E-state index contributed by atoms with van der Waals surface area (Å²) in [6.07, 6.45) is 0. The van der Waals surface area contributed by atoms with Gasteiger partial charge in [0.05, 0.1) is 16.2 Å². The number of nitrogens with zero attached hydrogens (tertiary/aromatic N) is 2. The predicted octanol–water partition coefficient (Wildman–Crippen LogP) is 4.43. The maximum atomic E-state index is 11.0. The largest absolute Gasteiger partial charge is 0.487 e. The van der Waals surface area contributed by atoms with Crippen LogP contribution in [0.4, 0.5) is 5.69 Å². The number of benzene rings is 1. The maximum absolute atomic E-state index is 11.0. The van der Waals surface area contributed by atoms with E-state index in [2.05, 4.69) is 20.9 Å². The lowest BCUT2D eigenvalue weighted by molar-refractivity contribution is -0.385. The number of nitro benzene ring substituents is 1. The first-order valence-electron chi connectivity index (χ1n) is 6.09. The van der Waals surface area contributed by atoms with E-state index >= 15 is 0 Å². The third-order valence-electron chi connectivity index (χ3n) is 2.83. The van der Waals surface area contributed by atoms with Gasteiger partial charge in [-0.15, -0.1) is 0 Å². The van der Waals surface area contributed by atoms with Gasteiger partial charge >= 0.3 is 0 Å². The van der Waals surface area contributed by atoms with Crippen LogP contribution in [0, 0.1) is 17.0 Å². The van der Waals surface area contributed by atoms with Gasteiger partial charge < -0.3 is 4.74 Å². The molecule has 0 unspecified atom stereocenters. The van der Waals surface area contributed by atoms with Crippen molar-refractivity contribution in [3.8, 4) is 5.75 Å². The van der Waals surface area contributed by atoms with E-state index in [4.69, 9.17) is 16.3 Å². The highest BCUT2D eigenvalue weighted by Gasteiger charge is 2.15. The van der Waals surface area contributed by atoms with Crippen molar-refractivity contribution in [3.05, 3.63) is 62.4 Å². The number of nitro groups is 1. The standard InChI is InChI=1S/C14H12BrClN2O3/c1-9-2-5-14(12(7-15)17-9)21-8-10-3-4-11(16)6-13(10)18(19)20/h2-6H,7-8H2,1H3. The highest BCUT2D eigenvalue weighted by Crippen LogP contribution is 2.26. The van der Waals surface area contributed by atoms with Crippen molar-refractivity contribution in [2.75, 3.05) is 0 Å². The molecule has 2 aromatic rings. The smallest absolute Gasteiger partial charge is 0.277 e. The summed E-state index contributed by atoms with van der Waals surface area (Å²) in [6.45, 7) is 1.97. The quantitative estimate of drug-likeness (QED) is 0.443. The molecule has 5 nitrogen and oxygen atoms in total. The Morgan fingerprint density at radius 1 is 1.38 bits per heavy atom. The van der Waals surface area contributed by atoms with Gasteiger partial charge in [0.2, 0.25) is 0 Å². The van der Waals surface area contributed by atoms with E-state index < -0.39 is 4.92 Å². The normalized spacial score (nSPS) is 10.4. The molecule has 0 saturated carbocycles. The Morgan fingerprint density at radius 3 is 2.81 bits per heavy atom. The minimum absolute atomic E-state index is 0.0528. The number of pyridine rings is 1. The molecule has 0 bridgehead atoms. The summed E-state index contributed by atoms with van der Waals surface area (Å²) in [6, 6.07) is 8.15. The Labute approximate surface area is 135 Å². The average molecular weight is 372 g/mol. The first-order valence-corrected chi connectivity index (χ1v) is 7.59. The van der Waals surface area contributed by atoms with Crippen molar-refractivity contribution in [1.29, 1.82) is 0 Å². The monoisotopic (exact) mass is 370 g/mol. The number of rotatable bonds is 5. The zero-order valence-corrected chi connectivity index (χ0v) is 13.5. The molecule has 2 rings (SSSR count). The summed E-state index contributed by atoms with van der Waals surface area (Å²) in [4.78, 5) is 14.9. The molecule has 0 amide bonds. The van der Waals surface area contributed by atoms with Crippen LogP contribution in [0.25, 0.3) is 0 Å². The van der Waals surface area contributed by atoms with Gasteiger partial charge in [-0.3, -0.25) is 15.1 Å². The molecule has 21 heavy (non-hydrogen) atoms. The molecular weight excluding hydrogens is 360 g/mol. The molecule has 1 aromatic carbocycles. The summed E-state index contributed by atoms with van der Waals surface area (Å²) < 4.78 is 5.66. The van der Waals surface area contributed by atoms with Crippen molar-refractivity contribution < 1.29 is 9.66 Å². The molecule has 1 heterocycles. The molecule has 1 aromatic heterocycles. The molecule has 0 aliphatic heterocycles. The summed E-state index contributed by atoms with van der Waals surface area (Å²) >= 11 is 9.13. The molecule has 0 fully saturated rings. The van der Waals surface area contributed by atoms with Crippen molar-refractivity contribution >= 4 is 33.2 Å². The van der Waals surface area contributed by atoms with Gasteiger partial charge in [0.1, 0.15) is 12.4 Å². The van der Waals surface area contributed by atoms with Gasteiger partial charge in [0.25, 0.3) is 5.69 Å². The van der Waals surface area contributed by atoms with Crippen LogP contribution in [0.5, 0.6) is 5.75 Å². The number of aryl methyl sites for hydroxylation is 1. The zero-order valence-electron chi connectivity index (χ0n) is 11.2. The van der Waals surface area contributed by atoms with E-state index in [0.717, 1.165) is 11.4 Å². The van der Waals surface area contributed by atoms with Crippen LogP contribution in [-0.4, -0.2) is 9.91 Å². The minimum Gasteiger partial charge on any atom is -0.487 e. The SMILES string of the molecule is Cc1ccc(OCc2ccc(Cl)cc2[N+](=O)[O-])c(CBr)n1. The van der Waals surface area contributed by atoms with Gasteiger partial charge in [0.15, 0.2) is 0 Å². The van der Waals surface area contributed by atoms with Gasteiger partial charge in [-0.1, -0.05) is 27.5 Å². The average Bonchev–Trinajstić information content (AvgIpc) is 2.46. The maximum Gasteiger partial charge on any atom is 0.277 e.